The first-order valence-corrected chi connectivity index (χ1v) is 13.2. The molecule has 3 aliphatic rings. The van der Waals surface area contributed by atoms with E-state index >= 15 is 0 Å². The highest BCUT2D eigenvalue weighted by atomic mass is 16.6. The molecule has 2 bridgehead atoms. The van der Waals surface area contributed by atoms with E-state index in [9.17, 15) is 14.9 Å². The van der Waals surface area contributed by atoms with Crippen LogP contribution in [-0.2, 0) is 14.3 Å². The van der Waals surface area contributed by atoms with E-state index in [0.29, 0.717) is 36.4 Å². The Bertz CT molecular complexity index is 984. The summed E-state index contributed by atoms with van der Waals surface area (Å²) in [6.45, 7) is 1.38. The van der Waals surface area contributed by atoms with Crippen LogP contribution in [0.5, 0.6) is 5.75 Å². The highest BCUT2D eigenvalue weighted by Gasteiger charge is 2.38. The highest BCUT2D eigenvalue weighted by molar-refractivity contribution is 5.97. The van der Waals surface area contributed by atoms with Gasteiger partial charge in [-0.15, -0.1) is 0 Å². The van der Waals surface area contributed by atoms with E-state index in [-0.39, 0.29) is 42.1 Å². The summed E-state index contributed by atoms with van der Waals surface area (Å²) in [5, 5.41) is 9.47. The Kier molecular flexibility index (Phi) is 8.53. The van der Waals surface area contributed by atoms with Crippen molar-refractivity contribution in [3.8, 4) is 11.8 Å². The summed E-state index contributed by atoms with van der Waals surface area (Å²) < 4.78 is 18.2. The average molecular weight is 498 g/mol. The standard InChI is InChI=1S/C28H39N3O5/c1-30-14-11-21-8-10-24(34-3)25(36-21)18-35-23-9-7-20(17-29)15-22(23)27(33)31(2)19-28(16-26(30)32)12-5-4-6-13-28/h7,9,15,21,24-25H,4-6,8,10-14,16,18-19H2,1-3H3/t21-,24-,25+/m0/s1. The van der Waals surface area contributed by atoms with Crippen LogP contribution in [0.25, 0.3) is 0 Å². The molecule has 3 atom stereocenters. The molecule has 0 N–H and O–H groups in total. The first kappa shape index (κ1) is 26.4. The normalized spacial score (nSPS) is 27.8. The minimum Gasteiger partial charge on any atom is -0.490 e. The van der Waals surface area contributed by atoms with Crippen LogP contribution >= 0.6 is 0 Å². The number of methoxy groups -OCH3 is 1. The van der Waals surface area contributed by atoms with Gasteiger partial charge < -0.3 is 24.0 Å². The molecule has 8 heteroatoms. The number of fused-ring (bicyclic) bond motifs is 3. The minimum absolute atomic E-state index is 0.0185. The number of hydrogen-bond donors (Lipinski definition) is 0. The molecule has 0 aromatic heterocycles. The number of carbonyl (C=O) groups is 2. The number of hydrogen-bond acceptors (Lipinski definition) is 6. The number of benzene rings is 1. The molecular formula is C28H39N3O5. The molecule has 1 aromatic rings. The Morgan fingerprint density at radius 3 is 2.58 bits per heavy atom. The van der Waals surface area contributed by atoms with E-state index in [1.54, 1.807) is 37.3 Å². The lowest BCUT2D eigenvalue weighted by Crippen LogP contribution is -2.46. The van der Waals surface area contributed by atoms with Crippen LogP contribution in [0.2, 0.25) is 0 Å². The van der Waals surface area contributed by atoms with Crippen molar-refractivity contribution in [3.05, 3.63) is 29.3 Å². The zero-order chi connectivity index (χ0) is 25.7. The summed E-state index contributed by atoms with van der Waals surface area (Å²) in [5.74, 6) is 0.361. The second kappa shape index (κ2) is 11.6. The molecule has 1 aliphatic carbocycles. The number of carbonyl (C=O) groups excluding carboxylic acids is 2. The first-order chi connectivity index (χ1) is 17.3. The number of nitrogens with zero attached hydrogens (tertiary/aromatic N) is 3. The van der Waals surface area contributed by atoms with Gasteiger partial charge >= 0.3 is 0 Å². The molecule has 196 valence electrons. The summed E-state index contributed by atoms with van der Waals surface area (Å²) in [5.41, 5.74) is 0.526. The molecule has 4 rings (SSSR count). The lowest BCUT2D eigenvalue weighted by molar-refractivity contribution is -0.146. The van der Waals surface area contributed by atoms with Crippen molar-refractivity contribution in [1.82, 2.24) is 9.80 Å². The maximum Gasteiger partial charge on any atom is 0.257 e. The Balaban J connectivity index is 1.67. The van der Waals surface area contributed by atoms with Crippen molar-refractivity contribution in [1.29, 1.82) is 5.26 Å². The number of rotatable bonds is 1. The van der Waals surface area contributed by atoms with Crippen molar-refractivity contribution < 1.29 is 23.8 Å². The SMILES string of the molecule is CO[C@H]1CC[C@H]2CCN(C)C(=O)CC3(CCCCC3)CN(C)C(=O)c3cc(C#N)ccc3OC[C@H]1O2. The monoisotopic (exact) mass is 497 g/mol. The summed E-state index contributed by atoms with van der Waals surface area (Å²) in [6, 6.07) is 7.09. The zero-order valence-corrected chi connectivity index (χ0v) is 21.8. The van der Waals surface area contributed by atoms with Gasteiger partial charge in [-0.3, -0.25) is 9.59 Å². The largest absolute Gasteiger partial charge is 0.490 e. The third-order valence-electron chi connectivity index (χ3n) is 8.17. The lowest BCUT2D eigenvalue weighted by Gasteiger charge is -2.41. The summed E-state index contributed by atoms with van der Waals surface area (Å²) >= 11 is 0. The van der Waals surface area contributed by atoms with E-state index in [4.69, 9.17) is 14.2 Å². The van der Waals surface area contributed by atoms with Crippen molar-refractivity contribution in [2.75, 3.05) is 40.9 Å². The second-order valence-corrected chi connectivity index (χ2v) is 10.8. The fourth-order valence-electron chi connectivity index (χ4n) is 6.02. The van der Waals surface area contributed by atoms with Crippen LogP contribution in [0.1, 0.15) is 73.7 Å². The number of nitriles is 1. The van der Waals surface area contributed by atoms with Gasteiger partial charge in [-0.2, -0.15) is 5.26 Å². The van der Waals surface area contributed by atoms with Crippen LogP contribution < -0.4 is 4.74 Å². The molecule has 0 radical (unpaired) electrons. The van der Waals surface area contributed by atoms with Crippen LogP contribution in [0.3, 0.4) is 0 Å². The van der Waals surface area contributed by atoms with Crippen molar-refractivity contribution in [3.63, 3.8) is 0 Å². The minimum atomic E-state index is -0.288. The van der Waals surface area contributed by atoms with E-state index < -0.39 is 0 Å². The maximum atomic E-state index is 13.7. The predicted molar refractivity (Wildman–Crippen MR) is 135 cm³/mol. The second-order valence-electron chi connectivity index (χ2n) is 10.8. The Morgan fingerprint density at radius 1 is 1.08 bits per heavy atom. The quantitative estimate of drug-likeness (QED) is 0.587. The van der Waals surface area contributed by atoms with E-state index in [2.05, 4.69) is 6.07 Å². The number of ether oxygens (including phenoxy) is 3. The Morgan fingerprint density at radius 2 is 1.86 bits per heavy atom. The fourth-order valence-corrected chi connectivity index (χ4v) is 6.02. The third-order valence-corrected chi connectivity index (χ3v) is 8.17. The molecule has 1 aromatic carbocycles. The van der Waals surface area contributed by atoms with E-state index in [0.717, 1.165) is 51.4 Å². The topological polar surface area (TPSA) is 92.1 Å². The summed E-state index contributed by atoms with van der Waals surface area (Å²) in [6.07, 6.45) is 7.68. The Labute approximate surface area is 214 Å². The maximum absolute atomic E-state index is 13.7. The molecule has 1 saturated heterocycles. The lowest BCUT2D eigenvalue weighted by atomic mass is 9.71. The molecule has 2 aliphatic heterocycles. The zero-order valence-electron chi connectivity index (χ0n) is 21.8. The fraction of sp³-hybridized carbons (Fsp3) is 0.679. The third kappa shape index (κ3) is 6.01. The molecule has 2 heterocycles. The van der Waals surface area contributed by atoms with Crippen LogP contribution in [0.15, 0.2) is 18.2 Å². The highest BCUT2D eigenvalue weighted by Crippen LogP contribution is 2.41. The van der Waals surface area contributed by atoms with Crippen LogP contribution in [0.4, 0.5) is 0 Å². The van der Waals surface area contributed by atoms with Gasteiger partial charge in [-0.25, -0.2) is 0 Å². The summed E-state index contributed by atoms with van der Waals surface area (Å²) in [7, 11) is 5.33. The predicted octanol–water partition coefficient (Wildman–Crippen LogP) is 3.77. The van der Waals surface area contributed by atoms with Gasteiger partial charge in [0.25, 0.3) is 5.91 Å². The van der Waals surface area contributed by atoms with E-state index in [1.165, 1.54) is 0 Å². The summed E-state index contributed by atoms with van der Waals surface area (Å²) in [4.78, 5) is 30.6. The molecular weight excluding hydrogens is 458 g/mol. The Hall–Kier alpha value is -2.63. The smallest absolute Gasteiger partial charge is 0.257 e. The van der Waals surface area contributed by atoms with Crippen LogP contribution in [-0.4, -0.2) is 80.8 Å². The van der Waals surface area contributed by atoms with Gasteiger partial charge in [0.15, 0.2) is 0 Å². The van der Waals surface area contributed by atoms with Gasteiger partial charge in [0, 0.05) is 40.7 Å². The molecule has 0 unspecified atom stereocenters. The van der Waals surface area contributed by atoms with Crippen molar-refractivity contribution in [2.45, 2.75) is 76.1 Å². The van der Waals surface area contributed by atoms with Gasteiger partial charge in [-0.05, 0) is 55.7 Å². The molecule has 8 nitrogen and oxygen atoms in total. The first-order valence-electron chi connectivity index (χ1n) is 13.2. The van der Waals surface area contributed by atoms with Gasteiger partial charge in [0.05, 0.1) is 29.4 Å². The van der Waals surface area contributed by atoms with Crippen molar-refractivity contribution >= 4 is 11.8 Å². The van der Waals surface area contributed by atoms with Gasteiger partial charge in [0.2, 0.25) is 5.91 Å². The number of amides is 2. The molecule has 2 fully saturated rings. The molecule has 1 saturated carbocycles. The molecule has 36 heavy (non-hydrogen) atoms. The van der Waals surface area contributed by atoms with Crippen LogP contribution in [0, 0.1) is 16.7 Å². The molecule has 1 spiro atoms. The molecule has 2 amide bonds. The van der Waals surface area contributed by atoms with Gasteiger partial charge in [0.1, 0.15) is 18.5 Å². The van der Waals surface area contributed by atoms with E-state index in [1.807, 2.05) is 11.9 Å². The van der Waals surface area contributed by atoms with Crippen molar-refractivity contribution in [2.24, 2.45) is 5.41 Å². The average Bonchev–Trinajstić information content (AvgIpc) is 2.89. The van der Waals surface area contributed by atoms with Gasteiger partial charge in [-0.1, -0.05) is 19.3 Å².